The first kappa shape index (κ1) is 6.62. The smallest absolute Gasteiger partial charge is 0.153 e. The van der Waals surface area contributed by atoms with Gasteiger partial charge in [-0.1, -0.05) is 0 Å². The van der Waals surface area contributed by atoms with Gasteiger partial charge in [-0.05, 0) is 12.1 Å². The summed E-state index contributed by atoms with van der Waals surface area (Å²) in [5.41, 5.74) is 1.61. The van der Waals surface area contributed by atoms with Crippen LogP contribution in [0.5, 0.6) is 0 Å². The maximum absolute atomic E-state index is 11.3. The molecule has 0 aliphatic carbocycles. The molecule has 3 heterocycles. The highest BCUT2D eigenvalue weighted by molar-refractivity contribution is 7.91. The fraction of sp³-hybridized carbons (Fsp3) is 0. The monoisotopic (exact) mass is 200 g/mol. The fourth-order valence-electron chi connectivity index (χ4n) is 1.33. The summed E-state index contributed by atoms with van der Waals surface area (Å²) < 4.78 is 27.9. The van der Waals surface area contributed by atoms with Crippen LogP contribution in [0.3, 0.4) is 0 Å². The second-order valence-electron chi connectivity index (χ2n) is 2.56. The van der Waals surface area contributed by atoms with Crippen LogP contribution >= 0.6 is 0 Å². The largest absolute Gasteiger partial charge is 0.299 e. The van der Waals surface area contributed by atoms with Crippen molar-refractivity contribution >= 4 is 33.3 Å². The second kappa shape index (κ2) is 1.89. The normalized spacial score (nSPS) is 28.3. The highest BCUT2D eigenvalue weighted by atomic mass is 32.2. The SMILES string of the molecule is O=S1Nc2ccc1c1c2NS1=O. The summed E-state index contributed by atoms with van der Waals surface area (Å²) in [6, 6.07) is 3.58. The summed E-state index contributed by atoms with van der Waals surface area (Å²) in [5, 5.41) is 0. The molecule has 62 valence electrons. The lowest BCUT2D eigenvalue weighted by molar-refractivity contribution is 0.674. The zero-order chi connectivity index (χ0) is 8.29. The maximum atomic E-state index is 11.3. The topological polar surface area (TPSA) is 58.2 Å². The third kappa shape index (κ3) is 0.583. The van der Waals surface area contributed by atoms with Gasteiger partial charge in [0.1, 0.15) is 4.90 Å². The van der Waals surface area contributed by atoms with Crippen LogP contribution in [-0.4, -0.2) is 8.42 Å². The summed E-state index contributed by atoms with van der Waals surface area (Å²) in [6.45, 7) is 0. The Labute approximate surface area is 73.5 Å². The van der Waals surface area contributed by atoms with Crippen molar-refractivity contribution in [3.8, 4) is 0 Å². The molecule has 3 aliphatic heterocycles. The lowest BCUT2D eigenvalue weighted by Crippen LogP contribution is -2.27. The summed E-state index contributed by atoms with van der Waals surface area (Å²) in [7, 11) is -2.34. The van der Waals surface area contributed by atoms with Gasteiger partial charge < -0.3 is 0 Å². The third-order valence-electron chi connectivity index (χ3n) is 1.90. The van der Waals surface area contributed by atoms with E-state index in [9.17, 15) is 8.42 Å². The minimum atomic E-state index is -1.20. The molecule has 2 N–H and O–H groups in total. The van der Waals surface area contributed by atoms with E-state index in [2.05, 4.69) is 9.44 Å². The van der Waals surface area contributed by atoms with Gasteiger partial charge in [0.05, 0.1) is 16.3 Å². The van der Waals surface area contributed by atoms with Crippen LogP contribution in [0.15, 0.2) is 21.9 Å². The molecule has 0 radical (unpaired) electrons. The van der Waals surface area contributed by atoms with Gasteiger partial charge in [-0.15, -0.1) is 0 Å². The molecule has 1 aromatic rings. The molecule has 6 heteroatoms. The molecule has 0 amide bonds. The van der Waals surface area contributed by atoms with Gasteiger partial charge in [0.15, 0.2) is 22.0 Å². The van der Waals surface area contributed by atoms with Crippen LogP contribution in [0.2, 0.25) is 0 Å². The number of fused-ring (bicyclic) bond motifs is 2. The van der Waals surface area contributed by atoms with E-state index >= 15 is 0 Å². The molecule has 0 spiro atoms. The van der Waals surface area contributed by atoms with Crippen molar-refractivity contribution in [2.75, 3.05) is 9.44 Å². The van der Waals surface area contributed by atoms with Crippen LogP contribution in [0.25, 0.3) is 0 Å². The lowest BCUT2D eigenvalue weighted by Gasteiger charge is -2.30. The van der Waals surface area contributed by atoms with Crippen molar-refractivity contribution in [1.82, 2.24) is 0 Å². The Morgan fingerprint density at radius 1 is 1.08 bits per heavy atom. The van der Waals surface area contributed by atoms with Crippen LogP contribution in [0, 0.1) is 0 Å². The summed E-state index contributed by atoms with van der Waals surface area (Å²) in [6.07, 6.45) is 0. The Morgan fingerprint density at radius 2 is 1.92 bits per heavy atom. The summed E-state index contributed by atoms with van der Waals surface area (Å²) in [4.78, 5) is 1.33. The van der Waals surface area contributed by atoms with Crippen LogP contribution in [0.4, 0.5) is 11.4 Å². The summed E-state index contributed by atoms with van der Waals surface area (Å²) in [5.74, 6) is 0. The van der Waals surface area contributed by atoms with Crippen LogP contribution < -0.4 is 9.44 Å². The van der Waals surface area contributed by atoms with E-state index in [4.69, 9.17) is 0 Å². The van der Waals surface area contributed by atoms with E-state index in [0.717, 1.165) is 11.4 Å². The molecule has 2 atom stereocenters. The average Bonchev–Trinajstić information content (AvgIpc) is 2.04. The minimum Gasteiger partial charge on any atom is -0.299 e. The van der Waals surface area contributed by atoms with Crippen molar-refractivity contribution in [2.24, 2.45) is 0 Å². The zero-order valence-corrected chi connectivity index (χ0v) is 7.42. The predicted octanol–water partition coefficient (Wildman–Crippen LogP) is 0.583. The lowest BCUT2D eigenvalue weighted by atomic mass is 10.3. The van der Waals surface area contributed by atoms with Gasteiger partial charge in [0.25, 0.3) is 0 Å². The Morgan fingerprint density at radius 3 is 2.50 bits per heavy atom. The number of nitrogens with one attached hydrogen (secondary N) is 2. The molecular formula is C6H4N2O2S2. The Bertz CT molecular complexity index is 443. The number of hydrogen-bond donors (Lipinski definition) is 2. The van der Waals surface area contributed by atoms with E-state index in [1.54, 1.807) is 6.07 Å². The van der Waals surface area contributed by atoms with E-state index in [-0.39, 0.29) is 0 Å². The maximum Gasteiger partial charge on any atom is 0.153 e. The predicted molar refractivity (Wildman–Crippen MR) is 46.5 cm³/mol. The van der Waals surface area contributed by atoms with Gasteiger partial charge in [-0.3, -0.25) is 9.44 Å². The van der Waals surface area contributed by atoms with Crippen molar-refractivity contribution in [1.29, 1.82) is 0 Å². The average molecular weight is 200 g/mol. The Hall–Kier alpha value is -0.880. The number of benzene rings is 1. The Balaban J connectivity index is 2.44. The van der Waals surface area contributed by atoms with Gasteiger partial charge in [-0.25, -0.2) is 8.42 Å². The van der Waals surface area contributed by atoms with Crippen molar-refractivity contribution in [3.05, 3.63) is 12.1 Å². The first-order valence-corrected chi connectivity index (χ1v) is 5.61. The van der Waals surface area contributed by atoms with Gasteiger partial charge in [0.2, 0.25) is 0 Å². The number of rotatable bonds is 0. The van der Waals surface area contributed by atoms with Gasteiger partial charge >= 0.3 is 0 Å². The molecular weight excluding hydrogens is 196 g/mol. The van der Waals surface area contributed by atoms with Gasteiger partial charge in [0, 0.05) is 0 Å². The number of anilines is 2. The molecule has 4 nitrogen and oxygen atoms in total. The molecule has 1 aromatic carbocycles. The molecule has 2 bridgehead atoms. The molecule has 0 fully saturated rings. The van der Waals surface area contributed by atoms with Crippen LogP contribution in [0.1, 0.15) is 0 Å². The summed E-state index contributed by atoms with van der Waals surface area (Å²) >= 11 is 0. The highest BCUT2D eigenvalue weighted by Crippen LogP contribution is 2.44. The first-order valence-electron chi connectivity index (χ1n) is 3.31. The van der Waals surface area contributed by atoms with Crippen molar-refractivity contribution in [2.45, 2.75) is 9.79 Å². The molecule has 0 saturated heterocycles. The highest BCUT2D eigenvalue weighted by Gasteiger charge is 2.34. The molecule has 0 aromatic heterocycles. The minimum absolute atomic E-state index is 0.636. The molecule has 3 aliphatic rings. The fourth-order valence-corrected chi connectivity index (χ4v) is 3.67. The number of hydrogen-bond acceptors (Lipinski definition) is 2. The second-order valence-corrected chi connectivity index (χ2v) is 4.89. The van der Waals surface area contributed by atoms with E-state index in [1.165, 1.54) is 0 Å². The zero-order valence-electron chi connectivity index (χ0n) is 5.79. The molecule has 0 saturated carbocycles. The molecule has 4 rings (SSSR count). The van der Waals surface area contributed by atoms with E-state index < -0.39 is 22.0 Å². The standard InChI is InChI=1S/C6H4N2O2S2/c9-11-4-2-1-3(7-11)5-6(4)12(10)8-5/h1-2,7-8H. The third-order valence-corrected chi connectivity index (χ3v) is 4.36. The van der Waals surface area contributed by atoms with Gasteiger partial charge in [-0.2, -0.15) is 0 Å². The van der Waals surface area contributed by atoms with E-state index in [0.29, 0.717) is 9.79 Å². The molecule has 12 heavy (non-hydrogen) atoms. The van der Waals surface area contributed by atoms with E-state index in [1.807, 2.05) is 6.07 Å². The van der Waals surface area contributed by atoms with Crippen molar-refractivity contribution in [3.63, 3.8) is 0 Å². The first-order chi connectivity index (χ1) is 5.77. The van der Waals surface area contributed by atoms with Crippen molar-refractivity contribution < 1.29 is 8.42 Å². The quantitative estimate of drug-likeness (QED) is 0.643. The Kier molecular flexibility index (Phi) is 1.04. The van der Waals surface area contributed by atoms with Crippen LogP contribution in [-0.2, 0) is 22.0 Å². The molecule has 2 unspecified atom stereocenters.